The Labute approximate surface area is 204 Å². The minimum atomic E-state index is -4.55. The van der Waals surface area contributed by atoms with Crippen molar-refractivity contribution in [2.45, 2.75) is 19.7 Å². The second-order valence-corrected chi connectivity index (χ2v) is 7.79. The van der Waals surface area contributed by atoms with Crippen LogP contribution in [0.4, 0.5) is 36.2 Å². The van der Waals surface area contributed by atoms with Gasteiger partial charge in [-0.05, 0) is 42.8 Å². The molecule has 1 amide bonds. The highest BCUT2D eigenvalue weighted by atomic mass is 19.4. The Hall–Kier alpha value is -4.45. The maximum Gasteiger partial charge on any atom is 0.416 e. The quantitative estimate of drug-likeness (QED) is 0.297. The Morgan fingerprint density at radius 1 is 1.08 bits per heavy atom. The lowest BCUT2D eigenvalue weighted by Crippen LogP contribution is -2.14. The van der Waals surface area contributed by atoms with Crippen LogP contribution >= 0.6 is 0 Å². The molecule has 12 heteroatoms. The van der Waals surface area contributed by atoms with E-state index in [-0.39, 0.29) is 12.2 Å². The number of anilines is 4. The molecule has 4 rings (SSSR count). The van der Waals surface area contributed by atoms with Gasteiger partial charge in [-0.2, -0.15) is 23.0 Å². The van der Waals surface area contributed by atoms with E-state index >= 15 is 0 Å². The van der Waals surface area contributed by atoms with Gasteiger partial charge in [-0.25, -0.2) is 9.97 Å². The molecule has 0 saturated carbocycles. The van der Waals surface area contributed by atoms with Crippen molar-refractivity contribution < 1.29 is 23.1 Å². The Balaban J connectivity index is 1.61. The molecule has 0 bridgehead atoms. The van der Waals surface area contributed by atoms with E-state index in [4.69, 9.17) is 0 Å². The third-order valence-corrected chi connectivity index (χ3v) is 5.26. The van der Waals surface area contributed by atoms with E-state index in [0.29, 0.717) is 34.5 Å². The Bertz CT molecular complexity index is 1400. The highest BCUT2D eigenvalue weighted by Crippen LogP contribution is 2.30. The van der Waals surface area contributed by atoms with Crippen LogP contribution in [0, 0.1) is 6.92 Å². The van der Waals surface area contributed by atoms with Crippen LogP contribution in [0.25, 0.3) is 5.82 Å². The first-order chi connectivity index (χ1) is 17.2. The molecule has 4 aromatic rings. The number of halogens is 3. The monoisotopic (exact) mass is 497 g/mol. The Kier molecular flexibility index (Phi) is 6.88. The van der Waals surface area contributed by atoms with Gasteiger partial charge in [0.05, 0.1) is 17.9 Å². The van der Waals surface area contributed by atoms with Gasteiger partial charge in [0.2, 0.25) is 0 Å². The zero-order valence-corrected chi connectivity index (χ0v) is 19.3. The number of carbonyl (C=O) groups is 1. The zero-order valence-electron chi connectivity index (χ0n) is 19.3. The molecule has 0 atom stereocenters. The van der Waals surface area contributed by atoms with Gasteiger partial charge < -0.3 is 21.1 Å². The molecular formula is C24H22F3N7O2. The summed E-state index contributed by atoms with van der Waals surface area (Å²) in [6.07, 6.45) is -3.17. The van der Waals surface area contributed by atoms with Gasteiger partial charge in [0.15, 0.2) is 5.82 Å². The van der Waals surface area contributed by atoms with Crippen LogP contribution in [0.3, 0.4) is 0 Å². The fraction of sp³-hybridized carbons (Fsp3) is 0.167. The summed E-state index contributed by atoms with van der Waals surface area (Å²) in [7, 11) is 1.72. The number of aliphatic hydroxyl groups excluding tert-OH is 1. The first kappa shape index (κ1) is 24.7. The number of benzene rings is 2. The topological polar surface area (TPSA) is 117 Å². The van der Waals surface area contributed by atoms with Gasteiger partial charge in [0.25, 0.3) is 5.91 Å². The number of nitrogens with one attached hydrogen (secondary N) is 3. The van der Waals surface area contributed by atoms with Crippen molar-refractivity contribution in [2.75, 3.05) is 23.0 Å². The molecule has 4 N–H and O–H groups in total. The zero-order chi connectivity index (χ0) is 25.9. The number of hydrogen-bond donors (Lipinski definition) is 4. The first-order valence-electron chi connectivity index (χ1n) is 10.7. The van der Waals surface area contributed by atoms with Crippen LogP contribution in [-0.4, -0.2) is 37.8 Å². The van der Waals surface area contributed by atoms with E-state index < -0.39 is 17.6 Å². The van der Waals surface area contributed by atoms with Crippen LogP contribution < -0.4 is 16.0 Å². The lowest BCUT2D eigenvalue weighted by molar-refractivity contribution is -0.137. The van der Waals surface area contributed by atoms with Gasteiger partial charge in [-0.15, -0.1) is 0 Å². The Morgan fingerprint density at radius 3 is 2.61 bits per heavy atom. The summed E-state index contributed by atoms with van der Waals surface area (Å²) in [6.45, 7) is 1.55. The lowest BCUT2D eigenvalue weighted by Gasteiger charge is -2.14. The molecule has 0 radical (unpaired) electrons. The average Bonchev–Trinajstić information content (AvgIpc) is 3.28. The van der Waals surface area contributed by atoms with Crippen molar-refractivity contribution in [2.24, 2.45) is 0 Å². The van der Waals surface area contributed by atoms with Crippen LogP contribution in [0.1, 0.15) is 27.2 Å². The number of aryl methyl sites for hydroxylation is 1. The van der Waals surface area contributed by atoms with E-state index in [2.05, 4.69) is 31.0 Å². The van der Waals surface area contributed by atoms with E-state index in [1.165, 1.54) is 23.1 Å². The van der Waals surface area contributed by atoms with Gasteiger partial charge in [-0.3, -0.25) is 4.79 Å². The van der Waals surface area contributed by atoms with Gasteiger partial charge in [-0.1, -0.05) is 12.1 Å². The number of carbonyl (C=O) groups excluding carboxylic acids is 1. The predicted molar refractivity (Wildman–Crippen MR) is 128 cm³/mol. The molecule has 0 saturated heterocycles. The normalized spacial score (nSPS) is 11.3. The minimum Gasteiger partial charge on any atom is -0.390 e. The maximum absolute atomic E-state index is 13.0. The molecule has 2 aromatic carbocycles. The van der Waals surface area contributed by atoms with Gasteiger partial charge >= 0.3 is 6.18 Å². The SMILES string of the molecule is CNc1cc(-n2nc(CO)cc2Nc2cc(NC(=O)c3cccc(C(F)(F)F)c3)ccc2C)ncn1. The number of rotatable bonds is 7. The van der Waals surface area contributed by atoms with Crippen LogP contribution in [-0.2, 0) is 12.8 Å². The molecule has 2 heterocycles. The summed E-state index contributed by atoms with van der Waals surface area (Å²) in [5.41, 5.74) is 1.18. The first-order valence-corrected chi connectivity index (χ1v) is 10.7. The van der Waals surface area contributed by atoms with Crippen molar-refractivity contribution in [3.8, 4) is 5.82 Å². The van der Waals surface area contributed by atoms with Crippen molar-refractivity contribution in [3.63, 3.8) is 0 Å². The van der Waals surface area contributed by atoms with Gasteiger partial charge in [0.1, 0.15) is 18.0 Å². The van der Waals surface area contributed by atoms with E-state index in [1.807, 2.05) is 6.92 Å². The average molecular weight is 497 g/mol. The summed E-state index contributed by atoms with van der Waals surface area (Å²) >= 11 is 0. The Morgan fingerprint density at radius 2 is 1.89 bits per heavy atom. The van der Waals surface area contributed by atoms with E-state index in [1.54, 1.807) is 37.4 Å². The molecule has 0 aliphatic heterocycles. The maximum atomic E-state index is 13.0. The fourth-order valence-electron chi connectivity index (χ4n) is 3.38. The molecule has 36 heavy (non-hydrogen) atoms. The molecule has 0 unspecified atom stereocenters. The summed E-state index contributed by atoms with van der Waals surface area (Å²) in [5.74, 6) is 0.832. The second-order valence-electron chi connectivity index (χ2n) is 7.79. The van der Waals surface area contributed by atoms with Crippen molar-refractivity contribution in [3.05, 3.63) is 83.3 Å². The molecule has 0 spiro atoms. The van der Waals surface area contributed by atoms with E-state index in [0.717, 1.165) is 17.7 Å². The van der Waals surface area contributed by atoms with Crippen molar-refractivity contribution >= 4 is 28.9 Å². The van der Waals surface area contributed by atoms with Crippen LogP contribution in [0.15, 0.2) is 60.9 Å². The number of aliphatic hydroxyl groups is 1. The molecule has 0 aliphatic rings. The number of nitrogens with zero attached hydrogens (tertiary/aromatic N) is 4. The van der Waals surface area contributed by atoms with Crippen molar-refractivity contribution in [1.82, 2.24) is 19.7 Å². The number of amides is 1. The molecule has 0 fully saturated rings. The predicted octanol–water partition coefficient (Wildman–Crippen LogP) is 4.52. The van der Waals surface area contributed by atoms with Crippen LogP contribution in [0.5, 0.6) is 0 Å². The van der Waals surface area contributed by atoms with Gasteiger partial charge in [0, 0.05) is 36.1 Å². The van der Waals surface area contributed by atoms with E-state index in [9.17, 15) is 23.1 Å². The minimum absolute atomic E-state index is 0.116. The lowest BCUT2D eigenvalue weighted by atomic mass is 10.1. The molecule has 0 aliphatic carbocycles. The smallest absolute Gasteiger partial charge is 0.390 e. The highest BCUT2D eigenvalue weighted by Gasteiger charge is 2.30. The summed E-state index contributed by atoms with van der Waals surface area (Å²) in [4.78, 5) is 20.9. The number of hydrogen-bond acceptors (Lipinski definition) is 7. The molecule has 186 valence electrons. The highest BCUT2D eigenvalue weighted by molar-refractivity contribution is 6.04. The summed E-state index contributed by atoms with van der Waals surface area (Å²) in [5, 5.41) is 22.7. The van der Waals surface area contributed by atoms with Crippen LogP contribution in [0.2, 0.25) is 0 Å². The number of aromatic nitrogens is 4. The summed E-state index contributed by atoms with van der Waals surface area (Å²) in [6, 6.07) is 12.6. The standard InChI is InChI=1S/C24H22F3N7O2/c1-14-6-7-17(31-23(36)15-4-3-5-16(8-15)24(25,26)27)9-19(14)32-22-10-18(12-35)33-34(22)21-11-20(28-2)29-13-30-21/h3-11,13,32,35H,12H2,1-2H3,(H,31,36)(H,28,29,30). The molecule has 9 nitrogen and oxygen atoms in total. The molecule has 2 aromatic heterocycles. The largest absolute Gasteiger partial charge is 0.416 e. The molecular weight excluding hydrogens is 475 g/mol. The fourth-order valence-corrected chi connectivity index (χ4v) is 3.38. The third kappa shape index (κ3) is 5.44. The second kappa shape index (κ2) is 10.0. The van der Waals surface area contributed by atoms with Crippen molar-refractivity contribution in [1.29, 1.82) is 0 Å². The number of alkyl halides is 3. The summed E-state index contributed by atoms with van der Waals surface area (Å²) < 4.78 is 40.5. The third-order valence-electron chi connectivity index (χ3n) is 5.26.